The highest BCUT2D eigenvalue weighted by atomic mass is 35.5. The average molecular weight is 556 g/mol. The van der Waals surface area contributed by atoms with Crippen molar-refractivity contribution in [1.82, 2.24) is 4.57 Å². The first kappa shape index (κ1) is 27.4. The molecule has 2 aliphatic rings. The first-order valence-corrected chi connectivity index (χ1v) is 13.0. The Balaban J connectivity index is 1.55. The van der Waals surface area contributed by atoms with Crippen molar-refractivity contribution in [3.63, 3.8) is 0 Å². The molecule has 1 saturated heterocycles. The molecule has 4 N–H and O–H groups in total. The van der Waals surface area contributed by atoms with E-state index in [2.05, 4.69) is 18.4 Å². The maximum Gasteiger partial charge on any atom is 0.335 e. The maximum absolute atomic E-state index is 13.3. The minimum atomic E-state index is -1.88. The van der Waals surface area contributed by atoms with Crippen LogP contribution in [0.2, 0.25) is 5.02 Å². The van der Waals surface area contributed by atoms with Gasteiger partial charge < -0.3 is 34.5 Å². The van der Waals surface area contributed by atoms with Crippen LogP contribution in [-0.4, -0.2) is 67.6 Å². The monoisotopic (exact) mass is 555 g/mol. The van der Waals surface area contributed by atoms with Crippen LogP contribution in [0.3, 0.4) is 0 Å². The Morgan fingerprint density at radius 3 is 2.26 bits per heavy atom. The third kappa shape index (κ3) is 5.20. The van der Waals surface area contributed by atoms with E-state index >= 15 is 0 Å². The molecule has 0 unspecified atom stereocenters. The van der Waals surface area contributed by atoms with Crippen LogP contribution >= 0.6 is 11.6 Å². The number of benzene rings is 2. The molecule has 0 aliphatic carbocycles. The molecule has 39 heavy (non-hydrogen) atoms. The zero-order valence-corrected chi connectivity index (χ0v) is 22.2. The van der Waals surface area contributed by atoms with E-state index in [0.29, 0.717) is 17.3 Å². The van der Waals surface area contributed by atoms with Gasteiger partial charge in [0, 0.05) is 34.1 Å². The number of aromatic nitrogens is 1. The maximum atomic E-state index is 13.3. The SMILES string of the molecule is CC1(C)Cc2c(-c3ccccc3)c(-c3ccc(Cl)cc3)c(CC(=O)O[C@@H]3O[C@H](C(=O)O)[C@@H](O)[C@H](O)[C@H]3O)n2C1. The highest BCUT2D eigenvalue weighted by molar-refractivity contribution is 6.30. The van der Waals surface area contributed by atoms with Crippen molar-refractivity contribution in [3.8, 4) is 22.3 Å². The Bertz CT molecular complexity index is 1380. The number of fused-ring (bicyclic) bond motifs is 1. The number of halogens is 1. The van der Waals surface area contributed by atoms with Gasteiger partial charge in [0.2, 0.25) is 6.29 Å². The van der Waals surface area contributed by atoms with E-state index in [1.165, 1.54) is 0 Å². The lowest BCUT2D eigenvalue weighted by Crippen LogP contribution is -2.60. The van der Waals surface area contributed by atoms with Gasteiger partial charge in [0.05, 0.1) is 6.42 Å². The van der Waals surface area contributed by atoms with E-state index in [4.69, 9.17) is 21.1 Å². The number of nitrogens with zero attached hydrogens (tertiary/aromatic N) is 1. The summed E-state index contributed by atoms with van der Waals surface area (Å²) < 4.78 is 12.6. The fraction of sp³-hybridized carbons (Fsp3) is 0.379. The second-order valence-corrected chi connectivity index (χ2v) is 11.3. The highest BCUT2D eigenvalue weighted by Crippen LogP contribution is 2.47. The van der Waals surface area contributed by atoms with Crippen molar-refractivity contribution >= 4 is 23.5 Å². The van der Waals surface area contributed by atoms with Crippen LogP contribution in [0, 0.1) is 5.41 Å². The zero-order valence-electron chi connectivity index (χ0n) is 21.5. The number of carboxylic acid groups (broad SMARTS) is 1. The predicted molar refractivity (Wildman–Crippen MR) is 142 cm³/mol. The highest BCUT2D eigenvalue weighted by Gasteiger charge is 2.48. The van der Waals surface area contributed by atoms with Crippen molar-refractivity contribution < 1.29 is 39.5 Å². The number of aliphatic carboxylic acids is 1. The van der Waals surface area contributed by atoms with Crippen LogP contribution in [0.25, 0.3) is 22.3 Å². The molecule has 2 aliphatic heterocycles. The summed E-state index contributed by atoms with van der Waals surface area (Å²) in [4.78, 5) is 24.8. The van der Waals surface area contributed by atoms with Gasteiger partial charge in [-0.05, 0) is 35.1 Å². The molecular weight excluding hydrogens is 526 g/mol. The summed E-state index contributed by atoms with van der Waals surface area (Å²) in [6.07, 6.45) is -8.65. The molecule has 0 bridgehead atoms. The van der Waals surface area contributed by atoms with E-state index in [1.54, 1.807) is 12.1 Å². The fourth-order valence-corrected chi connectivity index (χ4v) is 5.64. The number of carbonyl (C=O) groups is 2. The molecular formula is C29H30ClNO8. The molecule has 2 aromatic carbocycles. The van der Waals surface area contributed by atoms with Gasteiger partial charge in [-0.15, -0.1) is 0 Å². The normalized spacial score (nSPS) is 25.7. The molecule has 0 amide bonds. The number of carbonyl (C=O) groups excluding carboxylic acids is 1. The minimum Gasteiger partial charge on any atom is -0.479 e. The van der Waals surface area contributed by atoms with Gasteiger partial charge in [0.1, 0.15) is 18.3 Å². The van der Waals surface area contributed by atoms with Gasteiger partial charge in [0.25, 0.3) is 0 Å². The number of carboxylic acids is 1. The van der Waals surface area contributed by atoms with Crippen molar-refractivity contribution in [1.29, 1.82) is 0 Å². The van der Waals surface area contributed by atoms with Crippen molar-refractivity contribution in [2.24, 2.45) is 5.41 Å². The van der Waals surface area contributed by atoms with Crippen LogP contribution in [0.4, 0.5) is 0 Å². The molecule has 0 spiro atoms. The molecule has 10 heteroatoms. The zero-order chi connectivity index (χ0) is 28.1. The molecule has 0 radical (unpaired) electrons. The van der Waals surface area contributed by atoms with Crippen LogP contribution in [-0.2, 0) is 38.4 Å². The van der Waals surface area contributed by atoms with Crippen molar-refractivity contribution in [2.45, 2.75) is 63.9 Å². The molecule has 3 heterocycles. The van der Waals surface area contributed by atoms with Gasteiger partial charge in [-0.1, -0.05) is 67.9 Å². The van der Waals surface area contributed by atoms with Crippen molar-refractivity contribution in [3.05, 3.63) is 71.0 Å². The Morgan fingerprint density at radius 1 is 0.974 bits per heavy atom. The smallest absolute Gasteiger partial charge is 0.335 e. The van der Waals surface area contributed by atoms with Crippen molar-refractivity contribution in [2.75, 3.05) is 0 Å². The Morgan fingerprint density at radius 2 is 1.62 bits per heavy atom. The summed E-state index contributed by atoms with van der Waals surface area (Å²) in [6.45, 7) is 4.97. The van der Waals surface area contributed by atoms with Gasteiger partial charge >= 0.3 is 11.9 Å². The van der Waals surface area contributed by atoms with Crippen LogP contribution in [0.15, 0.2) is 54.6 Å². The summed E-state index contributed by atoms with van der Waals surface area (Å²) in [5, 5.41) is 40.3. The van der Waals surface area contributed by atoms with E-state index in [1.807, 2.05) is 42.5 Å². The second kappa shape index (κ2) is 10.4. The minimum absolute atomic E-state index is 0.0618. The first-order chi connectivity index (χ1) is 18.5. The molecule has 5 atom stereocenters. The lowest BCUT2D eigenvalue weighted by Gasteiger charge is -2.38. The van der Waals surface area contributed by atoms with Crippen LogP contribution in [0.5, 0.6) is 0 Å². The number of ether oxygens (including phenoxy) is 2. The lowest BCUT2D eigenvalue weighted by atomic mass is 9.86. The van der Waals surface area contributed by atoms with Crippen LogP contribution < -0.4 is 0 Å². The number of esters is 1. The molecule has 9 nitrogen and oxygen atoms in total. The molecule has 3 aromatic rings. The quantitative estimate of drug-likeness (QED) is 0.340. The Labute approximate surface area is 230 Å². The molecule has 206 valence electrons. The number of rotatable bonds is 6. The third-order valence-electron chi connectivity index (χ3n) is 7.28. The molecule has 5 rings (SSSR count). The van der Waals surface area contributed by atoms with E-state index in [-0.39, 0.29) is 11.8 Å². The summed E-state index contributed by atoms with van der Waals surface area (Å²) in [6, 6.07) is 17.2. The molecule has 1 aromatic heterocycles. The van der Waals surface area contributed by atoms with Gasteiger partial charge in [-0.25, -0.2) is 4.79 Å². The van der Waals surface area contributed by atoms with Gasteiger partial charge in [-0.3, -0.25) is 4.79 Å². The first-order valence-electron chi connectivity index (χ1n) is 12.6. The second-order valence-electron chi connectivity index (χ2n) is 10.8. The largest absolute Gasteiger partial charge is 0.479 e. The number of hydrogen-bond donors (Lipinski definition) is 4. The number of aliphatic hydroxyl groups excluding tert-OH is 3. The summed E-state index contributed by atoms with van der Waals surface area (Å²) >= 11 is 6.17. The third-order valence-corrected chi connectivity index (χ3v) is 7.53. The summed E-state index contributed by atoms with van der Waals surface area (Å²) in [7, 11) is 0. The van der Waals surface area contributed by atoms with Gasteiger partial charge in [-0.2, -0.15) is 0 Å². The lowest BCUT2D eigenvalue weighted by molar-refractivity contribution is -0.286. The standard InChI is InChI=1S/C29H30ClNO8/c1-29(2)13-19-22(15-6-4-3-5-7-15)21(16-8-10-17(30)11-9-16)18(31(19)14-29)12-20(32)38-28-25(35)23(33)24(34)26(39-28)27(36)37/h3-11,23-26,28,33-35H,12-14H2,1-2H3,(H,36,37)/t23-,24-,25+,26-,28+/m0/s1. The number of aliphatic hydroxyl groups is 3. The predicted octanol–water partition coefficient (Wildman–Crippen LogP) is 3.04. The van der Waals surface area contributed by atoms with E-state index < -0.39 is 42.6 Å². The molecule has 1 fully saturated rings. The van der Waals surface area contributed by atoms with E-state index in [9.17, 15) is 30.0 Å². The summed E-state index contributed by atoms with van der Waals surface area (Å²) in [5.41, 5.74) is 5.43. The Kier molecular flexibility index (Phi) is 7.30. The summed E-state index contributed by atoms with van der Waals surface area (Å²) in [5.74, 6) is -2.34. The topological polar surface area (TPSA) is 138 Å². The average Bonchev–Trinajstić information content (AvgIpc) is 3.35. The number of hydrogen-bond acceptors (Lipinski definition) is 7. The fourth-order valence-electron chi connectivity index (χ4n) is 5.52. The van der Waals surface area contributed by atoms with Crippen LogP contribution in [0.1, 0.15) is 25.2 Å². The Hall–Kier alpha value is -3.21. The van der Waals surface area contributed by atoms with E-state index in [0.717, 1.165) is 34.4 Å². The molecule has 0 saturated carbocycles. The van der Waals surface area contributed by atoms with Gasteiger partial charge in [0.15, 0.2) is 6.10 Å².